The SMILES string of the molecule is CCN1CCN(C(=O)NC(C(=O)NC2C(=O)N3C(C(=O)O)=C(CSc4nnnn4C)CSC23)c2ccc(O)cc2)C(=O)C1=O.[Na+]. The molecule has 0 aliphatic carbocycles. The number of aryl methyl sites for hydroxylation is 1. The van der Waals surface area contributed by atoms with Crippen LogP contribution < -0.4 is 40.2 Å². The second kappa shape index (κ2) is 14.2. The second-order valence-corrected chi connectivity index (χ2v) is 11.9. The number of nitrogens with one attached hydrogen (secondary N) is 2. The minimum absolute atomic E-state index is 0. The number of aromatic nitrogens is 4. The molecule has 17 nitrogen and oxygen atoms in total. The fourth-order valence-corrected chi connectivity index (χ4v) is 7.20. The van der Waals surface area contributed by atoms with Gasteiger partial charge in [0.1, 0.15) is 28.9 Å². The van der Waals surface area contributed by atoms with Crippen LogP contribution in [0.15, 0.2) is 40.7 Å². The van der Waals surface area contributed by atoms with Gasteiger partial charge in [0.2, 0.25) is 11.1 Å². The summed E-state index contributed by atoms with van der Waals surface area (Å²) in [6.45, 7) is 2.04. The zero-order chi connectivity index (χ0) is 31.7. The molecule has 2 fully saturated rings. The third kappa shape index (κ3) is 6.81. The van der Waals surface area contributed by atoms with Crippen LogP contribution in [0.1, 0.15) is 18.5 Å². The molecule has 0 radical (unpaired) electrons. The van der Waals surface area contributed by atoms with Crippen LogP contribution in [0.3, 0.4) is 0 Å². The number of piperazine rings is 1. The molecular weight excluding hydrogens is 641 g/mol. The average molecular weight is 669 g/mol. The Morgan fingerprint density at radius 1 is 1.13 bits per heavy atom. The van der Waals surface area contributed by atoms with Gasteiger partial charge in [-0.1, -0.05) is 23.9 Å². The number of hydrogen-bond donors (Lipinski definition) is 4. The van der Waals surface area contributed by atoms with E-state index in [1.165, 1.54) is 57.4 Å². The number of aromatic hydroxyl groups is 1. The predicted octanol–water partition coefficient (Wildman–Crippen LogP) is -4.11. The number of aliphatic carboxylic acids is 1. The molecule has 0 bridgehead atoms. The Kier molecular flexibility index (Phi) is 10.8. The van der Waals surface area contributed by atoms with Crippen molar-refractivity contribution in [1.82, 2.24) is 45.5 Å². The molecule has 0 saturated carbocycles. The van der Waals surface area contributed by atoms with Crippen molar-refractivity contribution < 1.29 is 68.5 Å². The smallest absolute Gasteiger partial charge is 0.508 e. The molecule has 2 aromatic rings. The minimum atomic E-state index is -1.42. The fraction of sp³-hybridized carbons (Fsp3) is 0.400. The zero-order valence-corrected chi connectivity index (χ0v) is 28.0. The molecule has 3 atom stereocenters. The van der Waals surface area contributed by atoms with Crippen molar-refractivity contribution >= 4 is 59.2 Å². The number of benzene rings is 1. The van der Waals surface area contributed by atoms with Gasteiger partial charge in [-0.05, 0) is 40.6 Å². The van der Waals surface area contributed by atoms with Crippen molar-refractivity contribution in [3.05, 3.63) is 41.1 Å². The first-order valence-electron chi connectivity index (χ1n) is 13.3. The number of amides is 6. The summed E-state index contributed by atoms with van der Waals surface area (Å²) in [6, 6.07) is 1.84. The predicted molar refractivity (Wildman–Crippen MR) is 153 cm³/mol. The Labute approximate surface area is 286 Å². The maximum atomic E-state index is 13.6. The number of carbonyl (C=O) groups is 6. The number of carbonyl (C=O) groups excluding carboxylic acids is 5. The number of carboxylic acid groups (broad SMARTS) is 1. The van der Waals surface area contributed by atoms with E-state index in [4.69, 9.17) is 0 Å². The number of nitrogens with zero attached hydrogens (tertiary/aromatic N) is 7. The van der Waals surface area contributed by atoms with E-state index in [1.54, 1.807) is 14.0 Å². The Morgan fingerprint density at radius 3 is 2.47 bits per heavy atom. The van der Waals surface area contributed by atoms with E-state index in [2.05, 4.69) is 26.2 Å². The molecular formula is C25H27N9NaO8S2+. The Balaban J connectivity index is 0.00000461. The molecule has 4 heterocycles. The molecule has 20 heteroatoms. The average Bonchev–Trinajstić information content (AvgIpc) is 3.42. The van der Waals surface area contributed by atoms with Gasteiger partial charge < -0.3 is 25.7 Å². The minimum Gasteiger partial charge on any atom is -0.508 e. The number of tetrazole rings is 1. The van der Waals surface area contributed by atoms with E-state index in [0.29, 0.717) is 22.2 Å². The summed E-state index contributed by atoms with van der Waals surface area (Å²) >= 11 is 2.49. The topological polar surface area (TPSA) is 220 Å². The van der Waals surface area contributed by atoms with Crippen LogP contribution in [0.2, 0.25) is 0 Å². The van der Waals surface area contributed by atoms with Crippen LogP contribution in [0, 0.1) is 0 Å². The van der Waals surface area contributed by atoms with Gasteiger partial charge in [-0.25, -0.2) is 14.3 Å². The van der Waals surface area contributed by atoms with E-state index >= 15 is 0 Å². The second-order valence-electron chi connectivity index (χ2n) is 9.84. The molecule has 0 spiro atoms. The summed E-state index contributed by atoms with van der Waals surface area (Å²) < 4.78 is 1.44. The molecule has 45 heavy (non-hydrogen) atoms. The number of urea groups is 1. The molecule has 3 aliphatic heterocycles. The van der Waals surface area contributed by atoms with E-state index in [-0.39, 0.29) is 71.2 Å². The largest absolute Gasteiger partial charge is 1.00 e. The van der Waals surface area contributed by atoms with Gasteiger partial charge >= 0.3 is 53.4 Å². The van der Waals surface area contributed by atoms with Crippen LogP contribution in [0.5, 0.6) is 5.75 Å². The zero-order valence-electron chi connectivity index (χ0n) is 24.4. The summed E-state index contributed by atoms with van der Waals surface area (Å²) in [6.07, 6.45) is 0. The van der Waals surface area contributed by atoms with Gasteiger partial charge in [0.25, 0.3) is 5.91 Å². The Hall–Kier alpha value is -3.65. The third-order valence-electron chi connectivity index (χ3n) is 7.20. The first kappa shape index (κ1) is 34.2. The molecule has 3 aliphatic rings. The van der Waals surface area contributed by atoms with Crippen molar-refractivity contribution in [1.29, 1.82) is 0 Å². The van der Waals surface area contributed by atoms with Crippen molar-refractivity contribution in [2.45, 2.75) is 29.5 Å². The summed E-state index contributed by atoms with van der Waals surface area (Å²) in [7, 11) is 1.64. The Bertz CT molecular complexity index is 1570. The number of thioether (sulfide) groups is 2. The molecule has 1 aromatic carbocycles. The van der Waals surface area contributed by atoms with Gasteiger partial charge in [0.15, 0.2) is 0 Å². The van der Waals surface area contributed by atoms with Gasteiger partial charge in [-0.15, -0.1) is 16.9 Å². The first-order valence-corrected chi connectivity index (χ1v) is 15.3. The standard InChI is InChI=1S/C25H27N9O8S2.Na/c1-3-32-8-9-33(21(39)20(32)38)24(42)27-15(12-4-6-14(35)7-5-12)18(36)26-16-19(37)34-17(23(40)41)13(10-43-22(16)34)11-44-25-28-29-30-31(25)2;/h4-7,15-16,22,35H,3,8-11H2,1-2H3,(H,26,36)(H,27,42)(H,40,41);/q;+1. The van der Waals surface area contributed by atoms with E-state index < -0.39 is 53.1 Å². The monoisotopic (exact) mass is 668 g/mol. The number of fused-ring (bicyclic) bond motifs is 1. The summed E-state index contributed by atoms with van der Waals surface area (Å²) in [5.41, 5.74) is 0.536. The third-order valence-corrected chi connectivity index (χ3v) is 9.63. The van der Waals surface area contributed by atoms with Crippen LogP contribution in [0.25, 0.3) is 0 Å². The van der Waals surface area contributed by atoms with Crippen LogP contribution in [-0.4, -0.2) is 123 Å². The molecule has 6 amide bonds. The quantitative estimate of drug-likeness (QED) is 0.0865. The molecule has 4 N–H and O–H groups in total. The number of β-lactam (4-membered cyclic amide) rings is 1. The summed E-state index contributed by atoms with van der Waals surface area (Å²) in [5.74, 6) is -4.26. The van der Waals surface area contributed by atoms with Crippen molar-refractivity contribution in [2.75, 3.05) is 31.1 Å². The number of imide groups is 1. The van der Waals surface area contributed by atoms with Crippen molar-refractivity contribution in [3.8, 4) is 5.75 Å². The van der Waals surface area contributed by atoms with Crippen LogP contribution in [-0.2, 0) is 31.0 Å². The summed E-state index contributed by atoms with van der Waals surface area (Å²) in [5, 5.41) is 35.6. The molecule has 5 rings (SSSR count). The van der Waals surface area contributed by atoms with Crippen LogP contribution in [0.4, 0.5) is 4.79 Å². The normalized spacial score (nSPS) is 20.2. The van der Waals surface area contributed by atoms with Crippen molar-refractivity contribution in [2.24, 2.45) is 7.05 Å². The molecule has 1 aromatic heterocycles. The Morgan fingerprint density at radius 2 is 1.84 bits per heavy atom. The van der Waals surface area contributed by atoms with Crippen molar-refractivity contribution in [3.63, 3.8) is 0 Å². The van der Waals surface area contributed by atoms with Gasteiger partial charge in [0, 0.05) is 38.2 Å². The van der Waals surface area contributed by atoms with Gasteiger partial charge in [0.05, 0.1) is 0 Å². The number of likely N-dealkylation sites (N-methyl/N-ethyl adjacent to an activating group) is 1. The number of hydrogen-bond acceptors (Lipinski definition) is 12. The molecule has 232 valence electrons. The molecule has 2 saturated heterocycles. The van der Waals surface area contributed by atoms with Gasteiger partial charge in [-0.2, -0.15) is 0 Å². The number of phenolic OH excluding ortho intramolecular Hbond substituents is 1. The van der Waals surface area contributed by atoms with Gasteiger partial charge in [-0.3, -0.25) is 29.0 Å². The maximum absolute atomic E-state index is 13.6. The number of carboxylic acids is 1. The molecule has 3 unspecified atom stereocenters. The van der Waals surface area contributed by atoms with E-state index in [0.717, 1.165) is 4.90 Å². The number of phenols is 1. The van der Waals surface area contributed by atoms with E-state index in [1.807, 2.05) is 0 Å². The number of rotatable bonds is 9. The van der Waals surface area contributed by atoms with E-state index in [9.17, 15) is 39.0 Å². The summed E-state index contributed by atoms with van der Waals surface area (Å²) in [4.78, 5) is 80.1. The first-order chi connectivity index (χ1) is 21.0. The maximum Gasteiger partial charge on any atom is 1.00 e. The fourth-order valence-electron chi connectivity index (χ4n) is 4.86. The van der Waals surface area contributed by atoms with Crippen LogP contribution >= 0.6 is 23.5 Å².